The van der Waals surface area contributed by atoms with Crippen molar-refractivity contribution in [3.8, 4) is 6.07 Å². The number of benzene rings is 2. The number of halogens is 2. The summed E-state index contributed by atoms with van der Waals surface area (Å²) in [6, 6.07) is 14.0. The summed E-state index contributed by atoms with van der Waals surface area (Å²) in [7, 11) is 0. The number of thiazole rings is 1. The first-order chi connectivity index (χ1) is 12.5. The van der Waals surface area contributed by atoms with Crippen molar-refractivity contribution in [2.75, 3.05) is 5.32 Å². The monoisotopic (exact) mass is 429 g/mol. The molecule has 1 heterocycles. The van der Waals surface area contributed by atoms with Crippen molar-refractivity contribution in [1.82, 2.24) is 4.98 Å². The van der Waals surface area contributed by atoms with Gasteiger partial charge in [0.05, 0.1) is 22.5 Å². The molecule has 0 aliphatic rings. The minimum Gasteiger partial charge on any atom is -0.302 e. The highest BCUT2D eigenvalue weighted by Gasteiger charge is 2.10. The third kappa shape index (κ3) is 4.75. The van der Waals surface area contributed by atoms with E-state index < -0.39 is 0 Å². The second kappa shape index (κ2) is 8.21. The van der Waals surface area contributed by atoms with E-state index in [2.05, 4.69) is 32.3 Å². The van der Waals surface area contributed by atoms with E-state index in [-0.39, 0.29) is 18.1 Å². The van der Waals surface area contributed by atoms with Crippen LogP contribution >= 0.6 is 27.3 Å². The molecular formula is C19H13BrFN3OS. The lowest BCUT2D eigenvalue weighted by Crippen LogP contribution is -2.14. The van der Waals surface area contributed by atoms with Crippen LogP contribution in [0.15, 0.2) is 53.1 Å². The Hall–Kier alpha value is -2.56. The normalized spacial score (nSPS) is 10.3. The first-order valence-electron chi connectivity index (χ1n) is 7.71. The number of nitriles is 1. The molecular weight excluding hydrogens is 417 g/mol. The van der Waals surface area contributed by atoms with Crippen molar-refractivity contribution in [1.29, 1.82) is 5.26 Å². The summed E-state index contributed by atoms with van der Waals surface area (Å²) in [6.07, 6.45) is 2.56. The fourth-order valence-corrected chi connectivity index (χ4v) is 3.63. The molecule has 0 aliphatic heterocycles. The average Bonchev–Trinajstić information content (AvgIpc) is 3.05. The van der Waals surface area contributed by atoms with Crippen LogP contribution < -0.4 is 5.32 Å². The summed E-state index contributed by atoms with van der Waals surface area (Å²) in [5, 5.41) is 12.1. The Bertz CT molecular complexity index is 979. The summed E-state index contributed by atoms with van der Waals surface area (Å²) >= 11 is 4.52. The highest BCUT2D eigenvalue weighted by Crippen LogP contribution is 2.22. The molecule has 0 bridgehead atoms. The SMILES string of the molecule is N#Cc1ccc(Cc2cnc(NC(=O)Cc3ccc(F)c(Br)c3)s2)cc1. The van der Waals surface area contributed by atoms with E-state index >= 15 is 0 Å². The maximum absolute atomic E-state index is 13.2. The van der Waals surface area contributed by atoms with E-state index in [1.165, 1.54) is 17.4 Å². The molecule has 3 rings (SSSR count). The van der Waals surface area contributed by atoms with E-state index in [9.17, 15) is 9.18 Å². The van der Waals surface area contributed by atoms with Crippen molar-refractivity contribution in [2.24, 2.45) is 0 Å². The summed E-state index contributed by atoms with van der Waals surface area (Å²) in [5.74, 6) is -0.565. The van der Waals surface area contributed by atoms with E-state index in [1.807, 2.05) is 12.1 Å². The first-order valence-corrected chi connectivity index (χ1v) is 9.32. The summed E-state index contributed by atoms with van der Waals surface area (Å²) in [4.78, 5) is 17.4. The minimum absolute atomic E-state index is 0.142. The standard InChI is InChI=1S/C19H13BrFN3OS/c20-16-8-14(5-6-17(16)21)9-18(25)24-19-23-11-15(26-19)7-12-1-3-13(10-22)4-2-12/h1-6,8,11H,7,9H2,(H,23,24,25). The van der Waals surface area contributed by atoms with E-state index in [0.717, 1.165) is 10.4 Å². The number of nitrogens with zero attached hydrogens (tertiary/aromatic N) is 2. The second-order valence-electron chi connectivity index (χ2n) is 5.59. The maximum Gasteiger partial charge on any atom is 0.230 e. The van der Waals surface area contributed by atoms with E-state index in [1.54, 1.807) is 30.5 Å². The van der Waals surface area contributed by atoms with Crippen molar-refractivity contribution in [2.45, 2.75) is 12.8 Å². The highest BCUT2D eigenvalue weighted by molar-refractivity contribution is 9.10. The number of nitrogens with one attached hydrogen (secondary N) is 1. The van der Waals surface area contributed by atoms with Crippen molar-refractivity contribution in [3.63, 3.8) is 0 Å². The van der Waals surface area contributed by atoms with Gasteiger partial charge in [-0.2, -0.15) is 5.26 Å². The molecule has 1 N–H and O–H groups in total. The number of aromatic nitrogens is 1. The largest absolute Gasteiger partial charge is 0.302 e. The van der Waals surface area contributed by atoms with Gasteiger partial charge in [0, 0.05) is 17.5 Å². The molecule has 3 aromatic rings. The Morgan fingerprint density at radius 1 is 1.23 bits per heavy atom. The number of amides is 1. The zero-order chi connectivity index (χ0) is 18.5. The Balaban J connectivity index is 1.59. The zero-order valence-corrected chi connectivity index (χ0v) is 15.9. The van der Waals surface area contributed by atoms with Crippen LogP contribution in [0.4, 0.5) is 9.52 Å². The molecule has 0 radical (unpaired) electrons. The minimum atomic E-state index is -0.360. The molecule has 1 amide bonds. The molecule has 0 spiro atoms. The molecule has 7 heteroatoms. The maximum atomic E-state index is 13.2. The van der Waals surface area contributed by atoms with Crippen molar-refractivity contribution >= 4 is 38.3 Å². The third-order valence-corrected chi connectivity index (χ3v) is 5.13. The van der Waals surface area contributed by atoms with Crippen LogP contribution in [0.25, 0.3) is 0 Å². The van der Waals surface area contributed by atoms with Crippen LogP contribution in [0, 0.1) is 17.1 Å². The Labute approximate surface area is 162 Å². The van der Waals surface area contributed by atoms with Gasteiger partial charge in [-0.25, -0.2) is 9.37 Å². The molecule has 2 aromatic carbocycles. The van der Waals surface area contributed by atoms with Gasteiger partial charge in [-0.3, -0.25) is 4.79 Å². The molecule has 0 unspecified atom stereocenters. The lowest BCUT2D eigenvalue weighted by molar-refractivity contribution is -0.115. The Morgan fingerprint density at radius 2 is 1.96 bits per heavy atom. The number of hydrogen-bond donors (Lipinski definition) is 1. The summed E-state index contributed by atoms with van der Waals surface area (Å²) in [6.45, 7) is 0. The number of carbonyl (C=O) groups is 1. The van der Waals surface area contributed by atoms with Gasteiger partial charge in [0.15, 0.2) is 5.13 Å². The predicted octanol–water partition coefficient (Wildman–Crippen LogP) is 4.69. The number of rotatable bonds is 5. The molecule has 1 aromatic heterocycles. The lowest BCUT2D eigenvalue weighted by atomic mass is 10.1. The van der Waals surface area contributed by atoms with Crippen LogP contribution in [-0.2, 0) is 17.6 Å². The van der Waals surface area contributed by atoms with Gasteiger partial charge in [0.1, 0.15) is 5.82 Å². The van der Waals surface area contributed by atoms with Crippen LogP contribution in [-0.4, -0.2) is 10.9 Å². The molecule has 0 aliphatic carbocycles. The molecule has 0 atom stereocenters. The van der Waals surface area contributed by atoms with Gasteiger partial charge < -0.3 is 5.32 Å². The molecule has 0 saturated carbocycles. The average molecular weight is 430 g/mol. The summed E-state index contributed by atoms with van der Waals surface area (Å²) < 4.78 is 13.6. The molecule has 0 fully saturated rings. The van der Waals surface area contributed by atoms with Gasteiger partial charge >= 0.3 is 0 Å². The summed E-state index contributed by atoms with van der Waals surface area (Å²) in [5.41, 5.74) is 2.41. The third-order valence-electron chi connectivity index (χ3n) is 3.61. The van der Waals surface area contributed by atoms with E-state index in [0.29, 0.717) is 27.2 Å². The van der Waals surface area contributed by atoms with Crippen LogP contribution in [0.1, 0.15) is 21.6 Å². The number of anilines is 1. The van der Waals surface area contributed by atoms with E-state index in [4.69, 9.17) is 5.26 Å². The zero-order valence-electron chi connectivity index (χ0n) is 13.5. The first kappa shape index (κ1) is 18.2. The fraction of sp³-hybridized carbons (Fsp3) is 0.105. The number of carbonyl (C=O) groups excluding carboxylic acids is 1. The van der Waals surface area contributed by atoms with Gasteiger partial charge in [-0.1, -0.05) is 18.2 Å². The van der Waals surface area contributed by atoms with Gasteiger partial charge in [0.25, 0.3) is 0 Å². The van der Waals surface area contributed by atoms with Crippen molar-refractivity contribution < 1.29 is 9.18 Å². The topological polar surface area (TPSA) is 65.8 Å². The van der Waals surface area contributed by atoms with Gasteiger partial charge in [-0.05, 0) is 51.3 Å². The Morgan fingerprint density at radius 3 is 2.65 bits per heavy atom. The Kier molecular flexibility index (Phi) is 5.76. The molecule has 4 nitrogen and oxygen atoms in total. The van der Waals surface area contributed by atoms with Crippen LogP contribution in [0.5, 0.6) is 0 Å². The lowest BCUT2D eigenvalue weighted by Gasteiger charge is -2.03. The highest BCUT2D eigenvalue weighted by atomic mass is 79.9. The quantitative estimate of drug-likeness (QED) is 0.639. The second-order valence-corrected chi connectivity index (χ2v) is 7.56. The molecule has 130 valence electrons. The molecule has 0 saturated heterocycles. The van der Waals surface area contributed by atoms with Gasteiger partial charge in [-0.15, -0.1) is 11.3 Å². The molecule has 26 heavy (non-hydrogen) atoms. The fourth-order valence-electron chi connectivity index (χ4n) is 2.34. The van der Waals surface area contributed by atoms with Crippen LogP contribution in [0.3, 0.4) is 0 Å². The van der Waals surface area contributed by atoms with Crippen LogP contribution in [0.2, 0.25) is 0 Å². The smallest absolute Gasteiger partial charge is 0.230 e. The van der Waals surface area contributed by atoms with Crippen molar-refractivity contribution in [3.05, 3.63) is 80.5 Å². The predicted molar refractivity (Wildman–Crippen MR) is 103 cm³/mol. The number of hydrogen-bond acceptors (Lipinski definition) is 4. The van der Waals surface area contributed by atoms with Gasteiger partial charge in [0.2, 0.25) is 5.91 Å².